The van der Waals surface area contributed by atoms with Crippen molar-refractivity contribution in [1.29, 1.82) is 0 Å². The second-order valence-electron chi connectivity index (χ2n) is 3.49. The van der Waals surface area contributed by atoms with Crippen molar-refractivity contribution in [2.24, 2.45) is 0 Å². The average molecular weight is 236 g/mol. The van der Waals surface area contributed by atoms with Gasteiger partial charge in [-0.25, -0.2) is 4.39 Å². The zero-order valence-electron chi connectivity index (χ0n) is 8.55. The fourth-order valence-electron chi connectivity index (χ4n) is 1.51. The fourth-order valence-corrected chi connectivity index (χ4v) is 1.51. The summed E-state index contributed by atoms with van der Waals surface area (Å²) in [4.78, 5) is 0. The Bertz CT molecular complexity index is 581. The van der Waals surface area contributed by atoms with Gasteiger partial charge >= 0.3 is 0 Å². The van der Waals surface area contributed by atoms with Crippen LogP contribution in [0.4, 0.5) is 4.39 Å². The molecule has 4 N–H and O–H groups in total. The van der Waals surface area contributed by atoms with E-state index >= 15 is 0 Å². The first kappa shape index (κ1) is 11.1. The molecule has 0 saturated heterocycles. The molecule has 0 aliphatic carbocycles. The van der Waals surface area contributed by atoms with Crippen LogP contribution in [0.25, 0.3) is 11.1 Å². The van der Waals surface area contributed by atoms with E-state index in [1.165, 1.54) is 18.2 Å². The van der Waals surface area contributed by atoms with E-state index in [1.807, 2.05) is 0 Å². The molecule has 88 valence electrons. The largest absolute Gasteiger partial charge is 0.508 e. The van der Waals surface area contributed by atoms with E-state index < -0.39 is 23.1 Å². The second kappa shape index (κ2) is 3.86. The quantitative estimate of drug-likeness (QED) is 0.573. The molecule has 0 aliphatic rings. The Morgan fingerprint density at radius 2 is 1.41 bits per heavy atom. The van der Waals surface area contributed by atoms with E-state index in [0.29, 0.717) is 0 Å². The van der Waals surface area contributed by atoms with Crippen molar-refractivity contribution >= 4 is 0 Å². The lowest BCUT2D eigenvalue weighted by atomic mass is 10.0. The first-order chi connectivity index (χ1) is 8.00. The maximum atomic E-state index is 13.5. The number of rotatable bonds is 1. The second-order valence-corrected chi connectivity index (χ2v) is 3.49. The van der Waals surface area contributed by atoms with Crippen molar-refractivity contribution in [2.75, 3.05) is 0 Å². The molecule has 0 aliphatic heterocycles. The van der Waals surface area contributed by atoms with E-state index in [0.717, 1.165) is 12.1 Å². The average Bonchev–Trinajstić information content (AvgIpc) is 2.28. The molecule has 17 heavy (non-hydrogen) atoms. The first-order valence-electron chi connectivity index (χ1n) is 4.73. The molecule has 5 heteroatoms. The molecule has 2 rings (SSSR count). The number of hydrogen-bond acceptors (Lipinski definition) is 4. The number of phenolic OH excluding ortho intramolecular Hbond substituents is 4. The van der Waals surface area contributed by atoms with Gasteiger partial charge in [0.2, 0.25) is 5.75 Å². The van der Waals surface area contributed by atoms with E-state index in [2.05, 4.69) is 0 Å². The SMILES string of the molecule is Oc1ccc(-c2ccc(O)c(O)c2O)c(F)c1. The summed E-state index contributed by atoms with van der Waals surface area (Å²) in [7, 11) is 0. The summed E-state index contributed by atoms with van der Waals surface area (Å²) in [6.07, 6.45) is 0. The summed E-state index contributed by atoms with van der Waals surface area (Å²) in [6.45, 7) is 0. The van der Waals surface area contributed by atoms with Crippen molar-refractivity contribution in [3.8, 4) is 34.1 Å². The van der Waals surface area contributed by atoms with Crippen LogP contribution in [0.2, 0.25) is 0 Å². The molecule has 0 spiro atoms. The molecule has 0 saturated carbocycles. The van der Waals surface area contributed by atoms with Gasteiger partial charge in [-0.1, -0.05) is 0 Å². The lowest BCUT2D eigenvalue weighted by molar-refractivity contribution is 0.369. The lowest BCUT2D eigenvalue weighted by Crippen LogP contribution is -1.85. The highest BCUT2D eigenvalue weighted by Gasteiger charge is 2.15. The molecule has 4 nitrogen and oxygen atoms in total. The van der Waals surface area contributed by atoms with Crippen LogP contribution >= 0.6 is 0 Å². The van der Waals surface area contributed by atoms with Crippen LogP contribution in [0, 0.1) is 5.82 Å². The Morgan fingerprint density at radius 1 is 0.765 bits per heavy atom. The Morgan fingerprint density at radius 3 is 2.06 bits per heavy atom. The zero-order chi connectivity index (χ0) is 12.6. The minimum absolute atomic E-state index is 0.00981. The predicted octanol–water partition coefficient (Wildman–Crippen LogP) is 2.32. The van der Waals surface area contributed by atoms with Gasteiger partial charge in [0, 0.05) is 17.2 Å². The Balaban J connectivity index is 2.65. The number of halogens is 1. The lowest BCUT2D eigenvalue weighted by Gasteiger charge is -2.08. The molecular weight excluding hydrogens is 227 g/mol. The minimum atomic E-state index is -0.745. The van der Waals surface area contributed by atoms with Gasteiger partial charge in [0.25, 0.3) is 0 Å². The maximum Gasteiger partial charge on any atom is 0.200 e. The molecule has 0 amide bonds. The molecule has 0 atom stereocenters. The van der Waals surface area contributed by atoms with Gasteiger partial charge in [-0.2, -0.15) is 0 Å². The third-order valence-electron chi connectivity index (χ3n) is 2.37. The minimum Gasteiger partial charge on any atom is -0.508 e. The Kier molecular flexibility index (Phi) is 2.51. The van der Waals surface area contributed by atoms with E-state index in [-0.39, 0.29) is 16.9 Å². The van der Waals surface area contributed by atoms with Crippen LogP contribution in [-0.2, 0) is 0 Å². The van der Waals surface area contributed by atoms with Crippen molar-refractivity contribution in [3.05, 3.63) is 36.1 Å². The van der Waals surface area contributed by atoms with Gasteiger partial charge in [0.15, 0.2) is 11.5 Å². The molecule has 0 heterocycles. The molecule has 0 fully saturated rings. The standard InChI is InChI=1S/C12H9FO4/c13-9-5-6(14)1-2-7(9)8-3-4-10(15)12(17)11(8)16/h1-5,14-17H. The van der Waals surface area contributed by atoms with Crippen LogP contribution in [-0.4, -0.2) is 20.4 Å². The van der Waals surface area contributed by atoms with Crippen molar-refractivity contribution < 1.29 is 24.8 Å². The van der Waals surface area contributed by atoms with Crippen LogP contribution < -0.4 is 0 Å². The van der Waals surface area contributed by atoms with Gasteiger partial charge in [0.05, 0.1) is 0 Å². The van der Waals surface area contributed by atoms with E-state index in [4.69, 9.17) is 10.2 Å². The van der Waals surface area contributed by atoms with Crippen LogP contribution in [0.5, 0.6) is 23.0 Å². The summed E-state index contributed by atoms with van der Waals surface area (Å²) in [6, 6.07) is 5.80. The van der Waals surface area contributed by atoms with E-state index in [1.54, 1.807) is 0 Å². The van der Waals surface area contributed by atoms with Crippen molar-refractivity contribution in [1.82, 2.24) is 0 Å². The molecule has 0 unspecified atom stereocenters. The topological polar surface area (TPSA) is 80.9 Å². The van der Waals surface area contributed by atoms with Gasteiger partial charge < -0.3 is 20.4 Å². The number of phenols is 4. The normalized spacial score (nSPS) is 10.4. The van der Waals surface area contributed by atoms with Gasteiger partial charge in [-0.15, -0.1) is 0 Å². The molecule has 2 aromatic rings. The first-order valence-corrected chi connectivity index (χ1v) is 4.73. The fraction of sp³-hybridized carbons (Fsp3) is 0. The highest BCUT2D eigenvalue weighted by atomic mass is 19.1. The monoisotopic (exact) mass is 236 g/mol. The third kappa shape index (κ3) is 1.82. The highest BCUT2D eigenvalue weighted by molar-refractivity contribution is 5.76. The maximum absolute atomic E-state index is 13.5. The van der Waals surface area contributed by atoms with Gasteiger partial charge in [-0.05, 0) is 24.3 Å². The molecular formula is C12H9FO4. The number of hydrogen-bond donors (Lipinski definition) is 4. The molecule has 0 aromatic heterocycles. The van der Waals surface area contributed by atoms with Gasteiger partial charge in [0.1, 0.15) is 11.6 Å². The van der Waals surface area contributed by atoms with Crippen LogP contribution in [0.15, 0.2) is 30.3 Å². The Labute approximate surface area is 95.8 Å². The van der Waals surface area contributed by atoms with E-state index in [9.17, 15) is 14.6 Å². The Hall–Kier alpha value is -2.43. The van der Waals surface area contributed by atoms with Crippen LogP contribution in [0.3, 0.4) is 0 Å². The molecule has 0 bridgehead atoms. The van der Waals surface area contributed by atoms with Gasteiger partial charge in [-0.3, -0.25) is 0 Å². The summed E-state index contributed by atoms with van der Waals surface area (Å²) < 4.78 is 13.5. The summed E-state index contributed by atoms with van der Waals surface area (Å²) in [5, 5.41) is 37.1. The number of benzene rings is 2. The summed E-state index contributed by atoms with van der Waals surface area (Å²) in [5.41, 5.74) is 0.0356. The summed E-state index contributed by atoms with van der Waals surface area (Å²) in [5.74, 6) is -2.81. The van der Waals surface area contributed by atoms with Crippen molar-refractivity contribution in [3.63, 3.8) is 0 Å². The predicted molar refractivity (Wildman–Crippen MR) is 58.5 cm³/mol. The van der Waals surface area contributed by atoms with Crippen LogP contribution in [0.1, 0.15) is 0 Å². The molecule has 2 aromatic carbocycles. The van der Waals surface area contributed by atoms with Crippen molar-refractivity contribution in [2.45, 2.75) is 0 Å². The third-order valence-corrected chi connectivity index (χ3v) is 2.37. The smallest absolute Gasteiger partial charge is 0.200 e. The summed E-state index contributed by atoms with van der Waals surface area (Å²) >= 11 is 0. The zero-order valence-corrected chi connectivity index (χ0v) is 8.55. The molecule has 0 radical (unpaired) electrons. The highest BCUT2D eigenvalue weighted by Crippen LogP contribution is 2.42. The number of aromatic hydroxyl groups is 4.